The van der Waals surface area contributed by atoms with E-state index in [0.29, 0.717) is 18.9 Å². The molecule has 0 spiro atoms. The molecule has 0 bridgehead atoms. The molecule has 0 aliphatic carbocycles. The van der Waals surface area contributed by atoms with Crippen LogP contribution in [0.25, 0.3) is 10.9 Å². The van der Waals surface area contributed by atoms with E-state index >= 15 is 0 Å². The van der Waals surface area contributed by atoms with Crippen LogP contribution in [0.15, 0.2) is 48.5 Å². The number of carboxylic acid groups (broad SMARTS) is 1. The van der Waals surface area contributed by atoms with Crippen LogP contribution < -0.4 is 4.74 Å². The Morgan fingerprint density at radius 1 is 1.07 bits per heavy atom. The summed E-state index contributed by atoms with van der Waals surface area (Å²) in [4.78, 5) is 33.7. The van der Waals surface area contributed by atoms with Gasteiger partial charge in [-0.05, 0) is 61.3 Å². The van der Waals surface area contributed by atoms with Crippen molar-refractivity contribution in [2.45, 2.75) is 84.8 Å². The molecule has 1 aromatic heterocycles. The second-order valence-corrected chi connectivity index (χ2v) is 12.7. The number of nitrogens with zero attached hydrogens (tertiary/aromatic N) is 2. The maximum atomic E-state index is 14.2. The van der Waals surface area contributed by atoms with Gasteiger partial charge in [0.25, 0.3) is 5.91 Å². The predicted molar refractivity (Wildman–Crippen MR) is 160 cm³/mol. The van der Waals surface area contributed by atoms with Crippen LogP contribution in [0.1, 0.15) is 68.3 Å². The van der Waals surface area contributed by atoms with Crippen molar-refractivity contribution >= 4 is 22.8 Å². The lowest BCUT2D eigenvalue weighted by Gasteiger charge is -2.35. The van der Waals surface area contributed by atoms with Crippen molar-refractivity contribution in [1.82, 2.24) is 9.88 Å². The average molecular weight is 575 g/mol. The molecule has 2 aliphatic rings. The van der Waals surface area contributed by atoms with E-state index in [-0.39, 0.29) is 12.5 Å². The molecule has 0 saturated carbocycles. The van der Waals surface area contributed by atoms with Crippen LogP contribution in [0, 0.1) is 25.2 Å². The summed E-state index contributed by atoms with van der Waals surface area (Å²) >= 11 is 0. The third-order valence-electron chi connectivity index (χ3n) is 8.79. The van der Waals surface area contributed by atoms with E-state index in [1.807, 2.05) is 83.1 Å². The Hall–Kier alpha value is -3.49. The molecule has 3 aromatic rings. The Labute approximate surface area is 248 Å². The highest BCUT2D eigenvalue weighted by atomic mass is 16.5. The van der Waals surface area contributed by atoms with Crippen molar-refractivity contribution < 1.29 is 28.9 Å². The van der Waals surface area contributed by atoms with Crippen LogP contribution >= 0.6 is 0 Å². The van der Waals surface area contributed by atoms with E-state index in [4.69, 9.17) is 19.2 Å². The molecule has 1 N–H and O–H groups in total. The standard InChI is InChI=1S/C34H42N2O6/c1-20-12-7-8-15-24(20)28-30(42-19-23-18-22-14-11-13-21(2)27(22)35-31(23)40-6)26(34(3,4)5)29(33(38)39)36(28)32(37)25-16-9-10-17-41-25/h7-8,11-15,18,25-26,28-30H,9-10,16-17,19H2,1-6H3,(H,38,39)/t25-,26+,28-,29-,30-/m0/s1. The van der Waals surface area contributed by atoms with Gasteiger partial charge < -0.3 is 24.2 Å². The Bertz CT molecular complexity index is 1460. The van der Waals surface area contributed by atoms with Gasteiger partial charge in [-0.2, -0.15) is 0 Å². The number of benzene rings is 2. The summed E-state index contributed by atoms with van der Waals surface area (Å²) in [6.45, 7) is 10.7. The minimum absolute atomic E-state index is 0.147. The molecule has 5 rings (SSSR count). The van der Waals surface area contributed by atoms with Gasteiger partial charge in [-0.25, -0.2) is 9.78 Å². The number of aromatic nitrogens is 1. The highest BCUT2D eigenvalue weighted by Crippen LogP contribution is 2.51. The molecule has 42 heavy (non-hydrogen) atoms. The second-order valence-electron chi connectivity index (χ2n) is 12.7. The summed E-state index contributed by atoms with van der Waals surface area (Å²) in [7, 11) is 1.59. The summed E-state index contributed by atoms with van der Waals surface area (Å²) in [6, 6.07) is 14.2. The first kappa shape index (κ1) is 30.0. The number of amides is 1. The molecule has 2 fully saturated rings. The summed E-state index contributed by atoms with van der Waals surface area (Å²) in [5.41, 5.74) is 4.02. The van der Waals surface area contributed by atoms with E-state index in [9.17, 15) is 14.7 Å². The highest BCUT2D eigenvalue weighted by Gasteiger charge is 2.59. The number of rotatable bonds is 7. The number of fused-ring (bicyclic) bond motifs is 1. The number of carbonyl (C=O) groups is 2. The van der Waals surface area contributed by atoms with Crippen molar-refractivity contribution in [3.05, 3.63) is 70.8 Å². The number of hydrogen-bond acceptors (Lipinski definition) is 6. The molecule has 224 valence electrons. The monoisotopic (exact) mass is 574 g/mol. The Morgan fingerprint density at radius 3 is 2.45 bits per heavy atom. The molecular formula is C34H42N2O6. The van der Waals surface area contributed by atoms with Gasteiger partial charge in [0.05, 0.1) is 31.4 Å². The molecule has 0 unspecified atom stereocenters. The number of aryl methyl sites for hydroxylation is 2. The third kappa shape index (κ3) is 5.62. The zero-order valence-electron chi connectivity index (χ0n) is 25.4. The molecule has 8 heteroatoms. The number of methoxy groups -OCH3 is 1. The molecular weight excluding hydrogens is 532 g/mol. The molecule has 2 aromatic carbocycles. The molecule has 3 heterocycles. The maximum Gasteiger partial charge on any atom is 0.326 e. The zero-order chi connectivity index (χ0) is 30.2. The Balaban J connectivity index is 1.62. The number of carbonyl (C=O) groups excluding carboxylic acids is 1. The number of likely N-dealkylation sites (tertiary alicyclic amines) is 1. The largest absolute Gasteiger partial charge is 0.481 e. The molecule has 0 radical (unpaired) electrons. The minimum Gasteiger partial charge on any atom is -0.481 e. The molecule has 2 aliphatic heterocycles. The molecule has 2 saturated heterocycles. The topological polar surface area (TPSA) is 98.2 Å². The van der Waals surface area contributed by atoms with Crippen LogP contribution in [-0.2, 0) is 25.7 Å². The van der Waals surface area contributed by atoms with Gasteiger partial charge in [0, 0.05) is 23.5 Å². The van der Waals surface area contributed by atoms with Gasteiger partial charge in [-0.15, -0.1) is 0 Å². The van der Waals surface area contributed by atoms with E-state index in [1.54, 1.807) is 12.0 Å². The predicted octanol–water partition coefficient (Wildman–Crippen LogP) is 6.01. The summed E-state index contributed by atoms with van der Waals surface area (Å²) in [5.74, 6) is -1.36. The first-order chi connectivity index (χ1) is 20.0. The zero-order valence-corrected chi connectivity index (χ0v) is 25.4. The quantitative estimate of drug-likeness (QED) is 0.369. The van der Waals surface area contributed by atoms with Crippen molar-refractivity contribution in [2.24, 2.45) is 11.3 Å². The summed E-state index contributed by atoms with van der Waals surface area (Å²) < 4.78 is 18.4. The van der Waals surface area contributed by atoms with Crippen molar-refractivity contribution in [2.75, 3.05) is 13.7 Å². The lowest BCUT2D eigenvalue weighted by atomic mass is 9.73. The summed E-state index contributed by atoms with van der Waals surface area (Å²) in [6.07, 6.45) is 1.06. The van der Waals surface area contributed by atoms with Gasteiger partial charge in [0.15, 0.2) is 0 Å². The average Bonchev–Trinajstić information content (AvgIpc) is 3.32. The van der Waals surface area contributed by atoms with Gasteiger partial charge in [0.1, 0.15) is 12.1 Å². The van der Waals surface area contributed by atoms with E-state index in [2.05, 4.69) is 0 Å². The van der Waals surface area contributed by atoms with Crippen molar-refractivity contribution in [3.8, 4) is 5.88 Å². The van der Waals surface area contributed by atoms with E-state index < -0.39 is 41.6 Å². The molecule has 5 atom stereocenters. The fraction of sp³-hybridized carbons (Fsp3) is 0.500. The van der Waals surface area contributed by atoms with Gasteiger partial charge in [-0.1, -0.05) is 63.2 Å². The van der Waals surface area contributed by atoms with Gasteiger partial charge in [-0.3, -0.25) is 4.79 Å². The van der Waals surface area contributed by atoms with Crippen molar-refractivity contribution in [1.29, 1.82) is 0 Å². The van der Waals surface area contributed by atoms with E-state index in [0.717, 1.165) is 46.0 Å². The van der Waals surface area contributed by atoms with Gasteiger partial charge >= 0.3 is 5.97 Å². The fourth-order valence-corrected chi connectivity index (χ4v) is 6.78. The molecule has 1 amide bonds. The van der Waals surface area contributed by atoms with Crippen molar-refractivity contribution in [3.63, 3.8) is 0 Å². The fourth-order valence-electron chi connectivity index (χ4n) is 6.78. The van der Waals surface area contributed by atoms with Crippen LogP contribution in [0.4, 0.5) is 0 Å². The molecule has 8 nitrogen and oxygen atoms in total. The number of aliphatic carboxylic acids is 1. The number of hydrogen-bond donors (Lipinski definition) is 1. The number of pyridine rings is 1. The number of carboxylic acids is 1. The Kier molecular flexibility index (Phi) is 8.58. The first-order valence-corrected chi connectivity index (χ1v) is 14.8. The van der Waals surface area contributed by atoms with Crippen LogP contribution in [0.3, 0.4) is 0 Å². The highest BCUT2D eigenvalue weighted by molar-refractivity contribution is 5.88. The van der Waals surface area contributed by atoms with Gasteiger partial charge in [0.2, 0.25) is 5.88 Å². The van der Waals surface area contributed by atoms with Crippen LogP contribution in [0.5, 0.6) is 5.88 Å². The summed E-state index contributed by atoms with van der Waals surface area (Å²) in [5, 5.41) is 11.7. The SMILES string of the molecule is COc1nc2c(C)cccc2cc1CO[C@H]1[C@H](C(C)(C)C)[C@@H](C(=O)O)N(C(=O)[C@@H]2CCCCO2)[C@H]1c1ccccc1C. The number of para-hydroxylation sites is 1. The second kappa shape index (κ2) is 12.0. The normalized spacial score (nSPS) is 24.6. The third-order valence-corrected chi connectivity index (χ3v) is 8.79. The minimum atomic E-state index is -1.09. The lowest BCUT2D eigenvalue weighted by molar-refractivity contribution is -0.159. The Morgan fingerprint density at radius 2 is 1.81 bits per heavy atom. The lowest BCUT2D eigenvalue weighted by Crippen LogP contribution is -2.51. The van der Waals surface area contributed by atoms with Crippen LogP contribution in [0.2, 0.25) is 0 Å². The smallest absolute Gasteiger partial charge is 0.326 e. The maximum absolute atomic E-state index is 14.2. The van der Waals surface area contributed by atoms with Crippen LogP contribution in [-0.4, -0.2) is 58.8 Å². The first-order valence-electron chi connectivity index (χ1n) is 14.8. The van der Waals surface area contributed by atoms with E-state index in [1.165, 1.54) is 0 Å². The number of ether oxygens (including phenoxy) is 3.